The number of nitrogens with one attached hydrogen (secondary N) is 1. The van der Waals surface area contributed by atoms with Gasteiger partial charge in [-0.25, -0.2) is 0 Å². The molecule has 0 aromatic carbocycles. The van der Waals surface area contributed by atoms with E-state index in [0.717, 1.165) is 25.3 Å². The van der Waals surface area contributed by atoms with Gasteiger partial charge in [-0.1, -0.05) is 34.6 Å². The highest BCUT2D eigenvalue weighted by atomic mass is 15.3. The van der Waals surface area contributed by atoms with Crippen molar-refractivity contribution in [3.63, 3.8) is 0 Å². The van der Waals surface area contributed by atoms with Gasteiger partial charge < -0.3 is 5.32 Å². The van der Waals surface area contributed by atoms with Gasteiger partial charge in [0.2, 0.25) is 0 Å². The molecule has 0 bridgehead atoms. The van der Waals surface area contributed by atoms with Crippen LogP contribution in [-0.4, -0.2) is 22.4 Å². The Morgan fingerprint density at radius 1 is 1.20 bits per heavy atom. The minimum atomic E-state index is 0.515. The molecule has 4 unspecified atom stereocenters. The average Bonchev–Trinajstić information content (AvgIpc) is 2.81. The van der Waals surface area contributed by atoms with E-state index in [1.165, 1.54) is 24.2 Å². The zero-order valence-corrected chi connectivity index (χ0v) is 13.8. The molecule has 1 N–H and O–H groups in total. The van der Waals surface area contributed by atoms with Crippen LogP contribution in [0.5, 0.6) is 0 Å². The molecule has 3 heteroatoms. The molecule has 2 rings (SSSR count). The van der Waals surface area contributed by atoms with E-state index in [-0.39, 0.29) is 0 Å². The third-order valence-corrected chi connectivity index (χ3v) is 4.76. The maximum absolute atomic E-state index is 4.91. The second-order valence-electron chi connectivity index (χ2n) is 6.49. The summed E-state index contributed by atoms with van der Waals surface area (Å²) in [6, 6.07) is 3.38. The molecule has 1 saturated carbocycles. The first-order chi connectivity index (χ1) is 9.60. The number of aryl methyl sites for hydroxylation is 2. The van der Waals surface area contributed by atoms with Crippen LogP contribution >= 0.6 is 0 Å². The summed E-state index contributed by atoms with van der Waals surface area (Å²) < 4.78 is 2.35. The van der Waals surface area contributed by atoms with Crippen molar-refractivity contribution in [1.82, 2.24) is 15.1 Å². The summed E-state index contributed by atoms with van der Waals surface area (Å²) in [7, 11) is 0. The lowest BCUT2D eigenvalue weighted by atomic mass is 9.76. The van der Waals surface area contributed by atoms with Gasteiger partial charge in [-0.3, -0.25) is 4.68 Å². The fraction of sp³-hybridized carbons (Fsp3) is 0.824. The molecule has 1 aliphatic rings. The second-order valence-corrected chi connectivity index (χ2v) is 6.49. The van der Waals surface area contributed by atoms with Crippen molar-refractivity contribution in [2.24, 2.45) is 11.8 Å². The number of hydrogen-bond acceptors (Lipinski definition) is 2. The molecular formula is C17H31N3. The molecule has 1 aliphatic carbocycles. The summed E-state index contributed by atoms with van der Waals surface area (Å²) >= 11 is 0. The fourth-order valence-electron chi connectivity index (χ4n) is 3.90. The van der Waals surface area contributed by atoms with E-state index in [0.29, 0.717) is 18.0 Å². The fourth-order valence-corrected chi connectivity index (χ4v) is 3.90. The number of likely N-dealkylation sites (N-methyl/N-ethyl adjacent to an activating group) is 1. The van der Waals surface area contributed by atoms with Crippen LogP contribution in [0.1, 0.15) is 64.9 Å². The number of nitrogens with zero attached hydrogens (tertiary/aromatic N) is 2. The molecule has 1 aromatic heterocycles. The molecule has 1 aromatic rings. The van der Waals surface area contributed by atoms with Crippen molar-refractivity contribution in [2.75, 3.05) is 6.54 Å². The minimum Gasteiger partial charge on any atom is -0.312 e. The third kappa shape index (κ3) is 3.08. The number of hydrogen-bond donors (Lipinski definition) is 1. The first-order valence-electron chi connectivity index (χ1n) is 8.41. The van der Waals surface area contributed by atoms with E-state index < -0.39 is 0 Å². The van der Waals surface area contributed by atoms with Crippen LogP contribution in [0.3, 0.4) is 0 Å². The zero-order chi connectivity index (χ0) is 14.7. The van der Waals surface area contributed by atoms with Crippen molar-refractivity contribution >= 4 is 0 Å². The van der Waals surface area contributed by atoms with E-state index in [2.05, 4.69) is 50.7 Å². The Morgan fingerprint density at radius 3 is 2.55 bits per heavy atom. The molecule has 0 aliphatic heterocycles. The molecule has 114 valence electrons. The van der Waals surface area contributed by atoms with Crippen LogP contribution in [0.15, 0.2) is 6.07 Å². The Morgan fingerprint density at radius 2 is 1.95 bits per heavy atom. The number of rotatable bonds is 5. The Hall–Kier alpha value is -0.830. The van der Waals surface area contributed by atoms with Crippen LogP contribution < -0.4 is 5.32 Å². The maximum atomic E-state index is 4.91. The van der Waals surface area contributed by atoms with E-state index in [9.17, 15) is 0 Å². The van der Waals surface area contributed by atoms with Crippen LogP contribution in [-0.2, 0) is 12.8 Å². The lowest BCUT2D eigenvalue weighted by Crippen LogP contribution is -2.46. The standard InChI is InChI=1S/C17H31N3/c1-6-14-11-15(7-2)20(19-14)17-13(5)9-12(4)10-16(17)18-8-3/h11-13,16-18H,6-10H2,1-5H3. The van der Waals surface area contributed by atoms with Gasteiger partial charge in [0.05, 0.1) is 11.7 Å². The summed E-state index contributed by atoms with van der Waals surface area (Å²) in [6.45, 7) is 12.5. The van der Waals surface area contributed by atoms with E-state index in [1.54, 1.807) is 0 Å². The molecule has 0 saturated heterocycles. The quantitative estimate of drug-likeness (QED) is 0.891. The largest absolute Gasteiger partial charge is 0.312 e. The van der Waals surface area contributed by atoms with Gasteiger partial charge in [0.15, 0.2) is 0 Å². The summed E-state index contributed by atoms with van der Waals surface area (Å²) in [5, 5.41) is 8.62. The summed E-state index contributed by atoms with van der Waals surface area (Å²) in [5.74, 6) is 1.51. The van der Waals surface area contributed by atoms with Gasteiger partial charge in [0.25, 0.3) is 0 Å². The van der Waals surface area contributed by atoms with Crippen molar-refractivity contribution in [1.29, 1.82) is 0 Å². The molecule has 3 nitrogen and oxygen atoms in total. The normalized spacial score (nSPS) is 30.6. The number of aromatic nitrogens is 2. The summed E-state index contributed by atoms with van der Waals surface area (Å²) in [6.07, 6.45) is 4.69. The highest BCUT2D eigenvalue weighted by molar-refractivity contribution is 5.12. The molecule has 4 atom stereocenters. The Labute approximate surface area is 124 Å². The van der Waals surface area contributed by atoms with Crippen molar-refractivity contribution in [3.8, 4) is 0 Å². The smallest absolute Gasteiger partial charge is 0.0701 e. The molecule has 0 spiro atoms. The van der Waals surface area contributed by atoms with Crippen molar-refractivity contribution in [2.45, 2.75) is 72.4 Å². The summed E-state index contributed by atoms with van der Waals surface area (Å²) in [5.41, 5.74) is 2.64. The molecule has 20 heavy (non-hydrogen) atoms. The molecular weight excluding hydrogens is 246 g/mol. The summed E-state index contributed by atoms with van der Waals surface area (Å²) in [4.78, 5) is 0. The predicted octanol–water partition coefficient (Wildman–Crippen LogP) is 3.59. The van der Waals surface area contributed by atoms with Gasteiger partial charge in [-0.05, 0) is 50.1 Å². The maximum Gasteiger partial charge on any atom is 0.0701 e. The first-order valence-corrected chi connectivity index (χ1v) is 8.41. The molecule has 1 heterocycles. The van der Waals surface area contributed by atoms with Crippen LogP contribution in [0, 0.1) is 11.8 Å². The zero-order valence-electron chi connectivity index (χ0n) is 13.8. The molecule has 0 amide bonds. The monoisotopic (exact) mass is 277 g/mol. The van der Waals surface area contributed by atoms with Gasteiger partial charge >= 0.3 is 0 Å². The van der Waals surface area contributed by atoms with Crippen molar-refractivity contribution < 1.29 is 0 Å². The SMILES string of the molecule is CCNC1CC(C)CC(C)C1n1nc(CC)cc1CC. The average molecular weight is 277 g/mol. The first kappa shape index (κ1) is 15.6. The van der Waals surface area contributed by atoms with E-state index in [1.807, 2.05) is 0 Å². The van der Waals surface area contributed by atoms with Crippen LogP contribution in [0.2, 0.25) is 0 Å². The highest BCUT2D eigenvalue weighted by Crippen LogP contribution is 2.37. The van der Waals surface area contributed by atoms with E-state index >= 15 is 0 Å². The topological polar surface area (TPSA) is 29.9 Å². The second kappa shape index (κ2) is 6.75. The minimum absolute atomic E-state index is 0.515. The van der Waals surface area contributed by atoms with E-state index in [4.69, 9.17) is 5.10 Å². The highest BCUT2D eigenvalue weighted by Gasteiger charge is 2.36. The molecule has 0 radical (unpaired) electrons. The van der Waals surface area contributed by atoms with Gasteiger partial charge in [-0.15, -0.1) is 0 Å². The van der Waals surface area contributed by atoms with Crippen LogP contribution in [0.25, 0.3) is 0 Å². The third-order valence-electron chi connectivity index (χ3n) is 4.76. The Bertz CT molecular complexity index is 424. The van der Waals surface area contributed by atoms with Gasteiger partial charge in [0.1, 0.15) is 0 Å². The molecule has 1 fully saturated rings. The predicted molar refractivity (Wildman–Crippen MR) is 85.0 cm³/mol. The Kier molecular flexibility index (Phi) is 5.25. The lowest BCUT2D eigenvalue weighted by molar-refractivity contribution is 0.141. The van der Waals surface area contributed by atoms with Gasteiger partial charge in [0, 0.05) is 11.7 Å². The van der Waals surface area contributed by atoms with Gasteiger partial charge in [-0.2, -0.15) is 5.10 Å². The van der Waals surface area contributed by atoms with Crippen LogP contribution in [0.4, 0.5) is 0 Å². The van der Waals surface area contributed by atoms with Crippen molar-refractivity contribution in [3.05, 3.63) is 17.5 Å². The lowest BCUT2D eigenvalue weighted by Gasteiger charge is -2.40. The Balaban J connectivity index is 2.33.